The maximum atomic E-state index is 11.6. The minimum Gasteiger partial charge on any atom is -0.350 e. The zero-order valence-corrected chi connectivity index (χ0v) is 9.47. The lowest BCUT2D eigenvalue weighted by Gasteiger charge is -2.22. The summed E-state index contributed by atoms with van der Waals surface area (Å²) in [6.07, 6.45) is 8.75. The number of nitrogens with one attached hydrogen (secondary N) is 1. The number of carbonyl (C=O) groups excluding carboxylic acids is 1. The number of carbonyl (C=O) groups is 1. The van der Waals surface area contributed by atoms with Crippen LogP contribution in [-0.2, 0) is 4.79 Å². The Labute approximate surface area is 95.0 Å². The monoisotopic (exact) mass is 222 g/mol. The van der Waals surface area contributed by atoms with Crippen molar-refractivity contribution in [3.8, 4) is 0 Å². The largest absolute Gasteiger partial charge is 0.350 e. The van der Waals surface area contributed by atoms with Gasteiger partial charge in [0.1, 0.15) is 0 Å². The molecule has 0 spiro atoms. The Morgan fingerprint density at radius 3 is 3.06 bits per heavy atom. The van der Waals surface area contributed by atoms with Crippen LogP contribution in [0.25, 0.3) is 0 Å². The lowest BCUT2D eigenvalue weighted by atomic mass is 10.1. The van der Waals surface area contributed by atoms with Crippen LogP contribution in [0.1, 0.15) is 32.2 Å². The van der Waals surface area contributed by atoms with E-state index in [9.17, 15) is 4.79 Å². The van der Waals surface area contributed by atoms with Crippen molar-refractivity contribution in [2.24, 2.45) is 5.73 Å². The Balaban J connectivity index is 2.01. The van der Waals surface area contributed by atoms with E-state index in [0.29, 0.717) is 6.04 Å². The number of imidazole rings is 1. The Bertz CT molecular complexity index is 347. The minimum atomic E-state index is -0.441. The molecule has 1 saturated carbocycles. The average Bonchev–Trinajstić information content (AvgIpc) is 2.85. The van der Waals surface area contributed by atoms with E-state index in [4.69, 9.17) is 5.73 Å². The molecule has 3 unspecified atom stereocenters. The smallest absolute Gasteiger partial charge is 0.236 e. The van der Waals surface area contributed by atoms with Gasteiger partial charge >= 0.3 is 0 Å². The fourth-order valence-electron chi connectivity index (χ4n) is 2.25. The molecular weight excluding hydrogens is 204 g/mol. The molecule has 0 radical (unpaired) electrons. The van der Waals surface area contributed by atoms with Crippen LogP contribution in [0.2, 0.25) is 0 Å². The van der Waals surface area contributed by atoms with Crippen molar-refractivity contribution in [2.75, 3.05) is 0 Å². The molecule has 5 nitrogen and oxygen atoms in total. The number of nitrogens with two attached hydrogens (primary N) is 1. The number of aromatic nitrogens is 2. The highest BCUT2D eigenvalue weighted by Crippen LogP contribution is 2.29. The molecule has 16 heavy (non-hydrogen) atoms. The number of nitrogens with zero attached hydrogens (tertiary/aromatic N) is 2. The van der Waals surface area contributed by atoms with Crippen LogP contribution in [0.3, 0.4) is 0 Å². The first kappa shape index (κ1) is 11.1. The maximum Gasteiger partial charge on any atom is 0.236 e. The summed E-state index contributed by atoms with van der Waals surface area (Å²) in [5.74, 6) is -0.0722. The van der Waals surface area contributed by atoms with Crippen LogP contribution >= 0.6 is 0 Å². The quantitative estimate of drug-likeness (QED) is 0.779. The first-order chi connectivity index (χ1) is 7.68. The molecule has 0 aliphatic heterocycles. The van der Waals surface area contributed by atoms with Gasteiger partial charge in [-0.1, -0.05) is 0 Å². The molecule has 5 heteroatoms. The van der Waals surface area contributed by atoms with Crippen molar-refractivity contribution < 1.29 is 4.79 Å². The molecule has 0 aromatic carbocycles. The van der Waals surface area contributed by atoms with E-state index in [1.165, 1.54) is 0 Å². The van der Waals surface area contributed by atoms with E-state index in [1.54, 1.807) is 19.4 Å². The van der Waals surface area contributed by atoms with E-state index in [0.717, 1.165) is 19.3 Å². The van der Waals surface area contributed by atoms with Crippen LogP contribution in [0, 0.1) is 0 Å². The first-order valence-corrected chi connectivity index (χ1v) is 5.72. The summed E-state index contributed by atoms with van der Waals surface area (Å²) < 4.78 is 2.07. The standard InChI is InChI=1S/C11H18N4O/c1-8(12)11(16)14-9-3-2-4-10(9)15-6-5-13-7-15/h5-10H,2-4,12H2,1H3,(H,14,16). The second-order valence-corrected chi connectivity index (χ2v) is 4.41. The SMILES string of the molecule is CC(N)C(=O)NC1CCCC1n1ccnc1. The molecule has 1 aromatic heterocycles. The van der Waals surface area contributed by atoms with Crippen molar-refractivity contribution in [3.63, 3.8) is 0 Å². The molecule has 0 saturated heterocycles. The van der Waals surface area contributed by atoms with Crippen molar-refractivity contribution in [2.45, 2.75) is 44.3 Å². The molecule has 1 amide bonds. The summed E-state index contributed by atoms with van der Waals surface area (Å²) >= 11 is 0. The van der Waals surface area contributed by atoms with E-state index in [2.05, 4.69) is 14.9 Å². The predicted octanol–water partition coefficient (Wildman–Crippen LogP) is 0.440. The fraction of sp³-hybridized carbons (Fsp3) is 0.636. The van der Waals surface area contributed by atoms with E-state index in [-0.39, 0.29) is 11.9 Å². The third kappa shape index (κ3) is 2.24. The minimum absolute atomic E-state index is 0.0722. The second kappa shape index (κ2) is 4.65. The average molecular weight is 222 g/mol. The number of amides is 1. The van der Waals surface area contributed by atoms with Crippen LogP contribution in [0.15, 0.2) is 18.7 Å². The van der Waals surface area contributed by atoms with Gasteiger partial charge in [0.05, 0.1) is 18.4 Å². The second-order valence-electron chi connectivity index (χ2n) is 4.41. The van der Waals surface area contributed by atoms with Crippen LogP contribution in [0.4, 0.5) is 0 Å². The van der Waals surface area contributed by atoms with Gasteiger partial charge < -0.3 is 15.6 Å². The fourth-order valence-corrected chi connectivity index (χ4v) is 2.25. The molecule has 1 aliphatic rings. The molecule has 1 heterocycles. The van der Waals surface area contributed by atoms with E-state index in [1.807, 2.05) is 6.20 Å². The van der Waals surface area contributed by atoms with Crippen molar-refractivity contribution in [1.82, 2.24) is 14.9 Å². The molecule has 3 atom stereocenters. The summed E-state index contributed by atoms with van der Waals surface area (Å²) in [4.78, 5) is 15.6. The summed E-state index contributed by atoms with van der Waals surface area (Å²) in [7, 11) is 0. The first-order valence-electron chi connectivity index (χ1n) is 5.72. The number of hydrogen-bond donors (Lipinski definition) is 2. The number of rotatable bonds is 3. The maximum absolute atomic E-state index is 11.6. The molecule has 0 bridgehead atoms. The van der Waals surface area contributed by atoms with Gasteiger partial charge in [0.15, 0.2) is 0 Å². The Hall–Kier alpha value is -1.36. The van der Waals surface area contributed by atoms with E-state index >= 15 is 0 Å². The summed E-state index contributed by atoms with van der Waals surface area (Å²) in [6.45, 7) is 1.70. The zero-order valence-electron chi connectivity index (χ0n) is 9.47. The van der Waals surface area contributed by atoms with Gasteiger partial charge in [-0.2, -0.15) is 0 Å². The molecule has 3 N–H and O–H groups in total. The Morgan fingerprint density at radius 2 is 2.44 bits per heavy atom. The number of hydrogen-bond acceptors (Lipinski definition) is 3. The summed E-state index contributed by atoms with van der Waals surface area (Å²) in [5.41, 5.74) is 5.55. The van der Waals surface area contributed by atoms with Crippen LogP contribution < -0.4 is 11.1 Å². The van der Waals surface area contributed by atoms with Crippen molar-refractivity contribution in [1.29, 1.82) is 0 Å². The van der Waals surface area contributed by atoms with Crippen LogP contribution in [0.5, 0.6) is 0 Å². The van der Waals surface area contributed by atoms with Crippen LogP contribution in [-0.4, -0.2) is 27.5 Å². The molecule has 2 rings (SSSR count). The molecule has 1 aromatic rings. The topological polar surface area (TPSA) is 72.9 Å². The normalized spacial score (nSPS) is 26.6. The summed E-state index contributed by atoms with van der Waals surface area (Å²) in [6, 6.07) is 0.0712. The highest BCUT2D eigenvalue weighted by molar-refractivity contribution is 5.81. The lowest BCUT2D eigenvalue weighted by molar-refractivity contribution is -0.122. The lowest BCUT2D eigenvalue weighted by Crippen LogP contribution is -2.45. The Morgan fingerprint density at radius 1 is 1.62 bits per heavy atom. The van der Waals surface area contributed by atoms with Gasteiger partial charge in [-0.05, 0) is 26.2 Å². The highest BCUT2D eigenvalue weighted by atomic mass is 16.2. The third-order valence-electron chi connectivity index (χ3n) is 3.13. The van der Waals surface area contributed by atoms with Gasteiger partial charge in [-0.3, -0.25) is 4.79 Å². The Kier molecular flexibility index (Phi) is 3.24. The molecule has 1 aliphatic carbocycles. The molecular formula is C11H18N4O. The van der Waals surface area contributed by atoms with Gasteiger partial charge in [0, 0.05) is 18.4 Å². The van der Waals surface area contributed by atoms with E-state index < -0.39 is 6.04 Å². The predicted molar refractivity (Wildman–Crippen MR) is 60.7 cm³/mol. The highest BCUT2D eigenvalue weighted by Gasteiger charge is 2.29. The van der Waals surface area contributed by atoms with Crippen molar-refractivity contribution >= 4 is 5.91 Å². The molecule has 88 valence electrons. The zero-order chi connectivity index (χ0) is 11.5. The van der Waals surface area contributed by atoms with Gasteiger partial charge in [0.2, 0.25) is 5.91 Å². The van der Waals surface area contributed by atoms with Crippen molar-refractivity contribution in [3.05, 3.63) is 18.7 Å². The van der Waals surface area contributed by atoms with Gasteiger partial charge in [-0.15, -0.1) is 0 Å². The van der Waals surface area contributed by atoms with Gasteiger partial charge in [0.25, 0.3) is 0 Å². The van der Waals surface area contributed by atoms with Gasteiger partial charge in [-0.25, -0.2) is 4.98 Å². The third-order valence-corrected chi connectivity index (χ3v) is 3.13. The summed E-state index contributed by atoms with van der Waals surface area (Å²) in [5, 5.41) is 3.00. The molecule has 1 fully saturated rings.